The van der Waals surface area contributed by atoms with Crippen molar-refractivity contribution in [3.63, 3.8) is 0 Å². The average Bonchev–Trinajstić information content (AvgIpc) is 3.47. The summed E-state index contributed by atoms with van der Waals surface area (Å²) in [6, 6.07) is -0.936. The molecule has 2 fully saturated rings. The Hall–Kier alpha value is -1.79. The van der Waals surface area contributed by atoms with Crippen molar-refractivity contribution in [2.45, 2.75) is 364 Å². The predicted octanol–water partition coefficient (Wildman–Crippen LogP) is 13.0. The topological polar surface area (TPSA) is 228 Å². The van der Waals surface area contributed by atoms with Crippen LogP contribution in [-0.2, 0) is 23.7 Å². The number of carbonyl (C=O) groups is 1. The van der Waals surface area contributed by atoms with Crippen LogP contribution in [0, 0.1) is 0 Å². The van der Waals surface area contributed by atoms with Gasteiger partial charge in [0.1, 0.15) is 48.8 Å². The number of aliphatic hydroxyl groups excluding tert-OH is 8. The van der Waals surface area contributed by atoms with Crippen molar-refractivity contribution in [1.82, 2.24) is 5.32 Å². The Kier molecular flexibility index (Phi) is 48.8. The van der Waals surface area contributed by atoms with Crippen molar-refractivity contribution in [2.24, 2.45) is 0 Å². The summed E-state index contributed by atoms with van der Waals surface area (Å²) in [5.41, 5.74) is 0. The van der Waals surface area contributed by atoms with Gasteiger partial charge in [-0.3, -0.25) is 4.79 Å². The van der Waals surface area contributed by atoms with Gasteiger partial charge >= 0.3 is 0 Å². The fraction of sp³-hybridized carbons (Fsp3) is 0.896. The lowest BCUT2D eigenvalue weighted by Crippen LogP contribution is -2.65. The highest BCUT2D eigenvalue weighted by molar-refractivity contribution is 5.76. The van der Waals surface area contributed by atoms with E-state index in [9.17, 15) is 45.6 Å². The van der Waals surface area contributed by atoms with Gasteiger partial charge in [0.25, 0.3) is 0 Å². The first kappa shape index (κ1) is 75.3. The molecule has 81 heavy (non-hydrogen) atoms. The van der Waals surface area contributed by atoms with Crippen LogP contribution in [0.3, 0.4) is 0 Å². The summed E-state index contributed by atoms with van der Waals surface area (Å²) in [5, 5.41) is 87.3. The summed E-state index contributed by atoms with van der Waals surface area (Å²) in [6.07, 6.45) is 49.1. The Morgan fingerprint density at radius 2 is 0.790 bits per heavy atom. The lowest BCUT2D eigenvalue weighted by atomic mass is 9.97. The fourth-order valence-electron chi connectivity index (χ4n) is 11.2. The van der Waals surface area contributed by atoms with Gasteiger partial charge in [0, 0.05) is 6.42 Å². The monoisotopic (exact) mass is 1150 g/mol. The molecule has 2 rings (SSSR count). The van der Waals surface area contributed by atoms with E-state index in [1.165, 1.54) is 212 Å². The van der Waals surface area contributed by atoms with E-state index in [2.05, 4.69) is 43.5 Å². The van der Waals surface area contributed by atoms with Crippen LogP contribution in [-0.4, -0.2) is 140 Å². The van der Waals surface area contributed by atoms with Crippen LogP contribution in [0.4, 0.5) is 0 Å². The molecule has 2 aliphatic heterocycles. The number of hydrogen-bond donors (Lipinski definition) is 9. The van der Waals surface area contributed by atoms with E-state index in [1.807, 2.05) is 6.08 Å². The summed E-state index contributed by atoms with van der Waals surface area (Å²) >= 11 is 0. The fourth-order valence-corrected chi connectivity index (χ4v) is 11.2. The van der Waals surface area contributed by atoms with Crippen LogP contribution in [0.1, 0.15) is 290 Å². The summed E-state index contributed by atoms with van der Waals surface area (Å²) in [5.74, 6) is -0.248. The lowest BCUT2D eigenvalue weighted by Gasteiger charge is -2.46. The molecular weight excluding hydrogens is 1030 g/mol. The molecule has 1 amide bonds. The molecule has 0 radical (unpaired) electrons. The molecule has 14 heteroatoms. The molecular formula is C67H125NO13. The molecule has 0 aromatic heterocycles. The van der Waals surface area contributed by atoms with Crippen molar-refractivity contribution in [2.75, 3.05) is 19.8 Å². The number of allylic oxidation sites excluding steroid dienone is 5. The minimum absolute atomic E-state index is 0.248. The zero-order valence-electron chi connectivity index (χ0n) is 51.5. The number of aliphatic hydroxyl groups is 8. The number of ether oxygens (including phenoxy) is 4. The molecule has 0 bridgehead atoms. The van der Waals surface area contributed by atoms with Gasteiger partial charge in [-0.05, 0) is 44.9 Å². The normalized spacial score (nSPS) is 24.3. The van der Waals surface area contributed by atoms with E-state index < -0.39 is 86.8 Å². The number of rotatable bonds is 55. The highest BCUT2D eigenvalue weighted by atomic mass is 16.7. The molecule has 2 saturated heterocycles. The minimum atomic E-state index is -1.79. The molecule has 12 unspecified atom stereocenters. The second-order valence-corrected chi connectivity index (χ2v) is 23.9. The summed E-state index contributed by atoms with van der Waals surface area (Å²) in [4.78, 5) is 13.3. The van der Waals surface area contributed by atoms with Crippen molar-refractivity contribution >= 4 is 5.91 Å². The Bertz CT molecular complexity index is 1500. The summed E-state index contributed by atoms with van der Waals surface area (Å²) in [7, 11) is 0. The minimum Gasteiger partial charge on any atom is -0.394 e. The maximum Gasteiger partial charge on any atom is 0.220 e. The van der Waals surface area contributed by atoms with Gasteiger partial charge in [0.15, 0.2) is 12.6 Å². The lowest BCUT2D eigenvalue weighted by molar-refractivity contribution is -0.359. The van der Waals surface area contributed by atoms with Crippen LogP contribution in [0.2, 0.25) is 0 Å². The SMILES string of the molecule is CCCCCCCCCCCCCCC/C=C/CC/C=C/CC/C=C/C(O)C(COC1OC(CO)C(OC2OC(CO)C(O)C(O)C2O)C(O)C1O)NC(=O)CCCCCCCCCCCCCCCCCCCCCCCCCC. The van der Waals surface area contributed by atoms with E-state index in [0.717, 1.165) is 44.9 Å². The molecule has 0 saturated carbocycles. The van der Waals surface area contributed by atoms with Crippen molar-refractivity contribution in [3.05, 3.63) is 36.5 Å². The highest BCUT2D eigenvalue weighted by Crippen LogP contribution is 2.30. The van der Waals surface area contributed by atoms with E-state index in [4.69, 9.17) is 18.9 Å². The molecule has 0 aliphatic carbocycles. The third-order valence-electron chi connectivity index (χ3n) is 16.6. The van der Waals surface area contributed by atoms with Gasteiger partial charge in [-0.1, -0.05) is 275 Å². The van der Waals surface area contributed by atoms with E-state index in [1.54, 1.807) is 6.08 Å². The van der Waals surface area contributed by atoms with Gasteiger partial charge in [0.05, 0.1) is 32.0 Å². The maximum atomic E-state index is 13.3. The molecule has 0 spiro atoms. The van der Waals surface area contributed by atoms with Gasteiger partial charge in [-0.25, -0.2) is 0 Å². The van der Waals surface area contributed by atoms with Gasteiger partial charge in [-0.2, -0.15) is 0 Å². The first-order valence-corrected chi connectivity index (χ1v) is 33.7. The number of unbranched alkanes of at least 4 members (excludes halogenated alkanes) is 38. The van der Waals surface area contributed by atoms with E-state index in [-0.39, 0.29) is 18.9 Å². The zero-order chi connectivity index (χ0) is 58.8. The van der Waals surface area contributed by atoms with Crippen molar-refractivity contribution in [1.29, 1.82) is 0 Å². The molecule has 476 valence electrons. The van der Waals surface area contributed by atoms with Crippen LogP contribution >= 0.6 is 0 Å². The number of amides is 1. The average molecular weight is 1150 g/mol. The Labute approximate surface area is 493 Å². The zero-order valence-corrected chi connectivity index (χ0v) is 51.5. The Morgan fingerprint density at radius 3 is 1.21 bits per heavy atom. The van der Waals surface area contributed by atoms with E-state index in [0.29, 0.717) is 12.8 Å². The quantitative estimate of drug-likeness (QED) is 0.0204. The van der Waals surface area contributed by atoms with Crippen LogP contribution in [0.5, 0.6) is 0 Å². The molecule has 0 aromatic carbocycles. The molecule has 2 heterocycles. The second-order valence-electron chi connectivity index (χ2n) is 23.9. The summed E-state index contributed by atoms with van der Waals surface area (Å²) < 4.78 is 22.8. The van der Waals surface area contributed by atoms with Crippen molar-refractivity contribution in [3.8, 4) is 0 Å². The first-order valence-electron chi connectivity index (χ1n) is 33.7. The Balaban J connectivity index is 1.73. The van der Waals surface area contributed by atoms with Crippen LogP contribution in [0.15, 0.2) is 36.5 Å². The second kappa shape index (κ2) is 52.5. The molecule has 0 aromatic rings. The Morgan fingerprint density at radius 1 is 0.432 bits per heavy atom. The third-order valence-corrected chi connectivity index (χ3v) is 16.6. The predicted molar refractivity (Wildman–Crippen MR) is 328 cm³/mol. The number of hydrogen-bond acceptors (Lipinski definition) is 13. The molecule has 14 nitrogen and oxygen atoms in total. The molecule has 12 atom stereocenters. The smallest absolute Gasteiger partial charge is 0.220 e. The van der Waals surface area contributed by atoms with Crippen LogP contribution in [0.25, 0.3) is 0 Å². The summed E-state index contributed by atoms with van der Waals surface area (Å²) in [6.45, 7) is 2.82. The van der Waals surface area contributed by atoms with Crippen molar-refractivity contribution < 1.29 is 64.6 Å². The third kappa shape index (κ3) is 37.4. The molecule has 9 N–H and O–H groups in total. The highest BCUT2D eigenvalue weighted by Gasteiger charge is 2.51. The van der Waals surface area contributed by atoms with Gasteiger partial charge in [-0.15, -0.1) is 0 Å². The van der Waals surface area contributed by atoms with E-state index >= 15 is 0 Å². The van der Waals surface area contributed by atoms with Gasteiger partial charge in [0.2, 0.25) is 5.91 Å². The number of carbonyl (C=O) groups excluding carboxylic acids is 1. The maximum absolute atomic E-state index is 13.3. The van der Waals surface area contributed by atoms with Gasteiger partial charge < -0.3 is 65.1 Å². The molecule has 2 aliphatic rings. The first-order chi connectivity index (χ1) is 39.6. The number of nitrogens with one attached hydrogen (secondary N) is 1. The standard InChI is InChI=1S/C67H125NO13/c1-3-5-7-9-11-13-15-17-19-21-23-25-27-29-31-33-35-37-39-41-43-45-47-49-51-59(72)68-55(54-78-66-64(77)62(75)65(58(53-70)80-66)81-67-63(76)61(74)60(73)57(52-69)79-67)56(71)50-48-46-44-42-40-38-36-34-32-30-28-26-24-22-20-18-16-14-12-10-8-6-4-2/h32,34,40,42,48,50,55-58,60-67,69-71,73-77H,3-31,33,35-39,41,43-47,49,51-54H2,1-2H3,(H,68,72)/b34-32+,42-40+,50-48+. The largest absolute Gasteiger partial charge is 0.394 e. The van der Waals surface area contributed by atoms with Crippen LogP contribution < -0.4 is 5.32 Å².